The first-order valence-corrected chi connectivity index (χ1v) is 8.26. The van der Waals surface area contributed by atoms with Gasteiger partial charge in [-0.15, -0.1) is 0 Å². The number of nitrogens with zero attached hydrogens (tertiary/aromatic N) is 1. The summed E-state index contributed by atoms with van der Waals surface area (Å²) < 4.78 is 0. The van der Waals surface area contributed by atoms with Crippen LogP contribution < -0.4 is 10.7 Å². The summed E-state index contributed by atoms with van der Waals surface area (Å²) in [6.07, 6.45) is 0.0361. The molecule has 0 bridgehead atoms. The molecule has 0 aliphatic rings. The Morgan fingerprint density at radius 2 is 1.72 bits per heavy atom. The highest BCUT2D eigenvalue weighted by molar-refractivity contribution is 6.42. The molecule has 0 aliphatic carbocycles. The van der Waals surface area contributed by atoms with Crippen molar-refractivity contribution in [3.8, 4) is 0 Å². The lowest BCUT2D eigenvalue weighted by Crippen LogP contribution is -2.21. The lowest BCUT2D eigenvalue weighted by Gasteiger charge is -2.07. The molecule has 2 aromatic rings. The quantitative estimate of drug-likeness (QED) is 0.597. The molecule has 7 heteroatoms. The van der Waals surface area contributed by atoms with Crippen LogP contribution in [0.25, 0.3) is 0 Å². The monoisotopic (exact) mass is 377 g/mol. The van der Waals surface area contributed by atoms with Gasteiger partial charge in [0.2, 0.25) is 5.91 Å². The number of nitrogens with one attached hydrogen (secondary N) is 2. The van der Waals surface area contributed by atoms with Gasteiger partial charge in [-0.1, -0.05) is 40.9 Å². The fourth-order valence-electron chi connectivity index (χ4n) is 1.97. The van der Waals surface area contributed by atoms with Crippen molar-refractivity contribution in [1.29, 1.82) is 0 Å². The van der Waals surface area contributed by atoms with E-state index in [-0.39, 0.29) is 18.2 Å². The Kier molecular flexibility index (Phi) is 6.56. The van der Waals surface area contributed by atoms with Gasteiger partial charge in [-0.2, -0.15) is 5.10 Å². The molecule has 0 unspecified atom stereocenters. The Balaban J connectivity index is 1.89. The molecule has 0 heterocycles. The minimum Gasteiger partial charge on any atom is -0.326 e. The number of hydrogen-bond donors (Lipinski definition) is 2. The van der Waals surface area contributed by atoms with Gasteiger partial charge in [-0.3, -0.25) is 9.59 Å². The molecule has 0 saturated heterocycles. The number of benzene rings is 2. The first-order chi connectivity index (χ1) is 11.8. The van der Waals surface area contributed by atoms with Crippen molar-refractivity contribution in [2.75, 3.05) is 5.32 Å². The van der Waals surface area contributed by atoms with E-state index < -0.39 is 0 Å². The molecule has 2 aromatic carbocycles. The number of carbonyl (C=O) groups is 2. The topological polar surface area (TPSA) is 70.6 Å². The standard InChI is InChI=1S/C18H17Cl2N3O2/c1-11-3-5-13(6-4-11)18(25)23-22-12(2)9-17(24)21-14-7-8-15(19)16(20)10-14/h3-8,10H,9H2,1-2H3,(H,21,24)(H,23,25)/b22-12-. The first-order valence-electron chi connectivity index (χ1n) is 7.50. The molecule has 25 heavy (non-hydrogen) atoms. The Bertz CT molecular complexity index is 818. The second-order valence-electron chi connectivity index (χ2n) is 5.51. The number of rotatable bonds is 5. The second kappa shape index (κ2) is 8.65. The molecule has 2 N–H and O–H groups in total. The smallest absolute Gasteiger partial charge is 0.271 e. The third-order valence-electron chi connectivity index (χ3n) is 3.28. The summed E-state index contributed by atoms with van der Waals surface area (Å²) in [4.78, 5) is 24.0. The van der Waals surface area contributed by atoms with Crippen LogP contribution in [0.1, 0.15) is 29.3 Å². The highest BCUT2D eigenvalue weighted by Gasteiger charge is 2.08. The second-order valence-corrected chi connectivity index (χ2v) is 6.32. The molecule has 130 valence electrons. The van der Waals surface area contributed by atoms with E-state index in [0.29, 0.717) is 27.0 Å². The van der Waals surface area contributed by atoms with Gasteiger partial charge in [0.05, 0.1) is 16.5 Å². The summed E-state index contributed by atoms with van der Waals surface area (Å²) in [5.74, 6) is -0.603. The minimum absolute atomic E-state index is 0.0361. The summed E-state index contributed by atoms with van der Waals surface area (Å²) in [6.45, 7) is 3.60. The van der Waals surface area contributed by atoms with Crippen molar-refractivity contribution in [1.82, 2.24) is 5.43 Å². The van der Waals surface area contributed by atoms with Crippen molar-refractivity contribution >= 4 is 46.4 Å². The van der Waals surface area contributed by atoms with Gasteiger partial charge in [0.15, 0.2) is 0 Å². The molecular formula is C18H17Cl2N3O2. The maximum Gasteiger partial charge on any atom is 0.271 e. The number of hydrogen-bond acceptors (Lipinski definition) is 3. The third kappa shape index (κ3) is 5.89. The van der Waals surface area contributed by atoms with Gasteiger partial charge in [0.1, 0.15) is 0 Å². The average molecular weight is 378 g/mol. The zero-order chi connectivity index (χ0) is 18.4. The van der Waals surface area contributed by atoms with Crippen molar-refractivity contribution in [3.05, 3.63) is 63.6 Å². The maximum atomic E-state index is 12.0. The van der Waals surface area contributed by atoms with E-state index >= 15 is 0 Å². The van der Waals surface area contributed by atoms with Crippen LogP contribution in [-0.2, 0) is 4.79 Å². The van der Waals surface area contributed by atoms with Crippen molar-refractivity contribution in [2.45, 2.75) is 20.3 Å². The Hall–Kier alpha value is -2.37. The number of aryl methyl sites for hydroxylation is 1. The minimum atomic E-state index is -0.329. The number of hydrazone groups is 1. The molecule has 0 spiro atoms. The fourth-order valence-corrected chi connectivity index (χ4v) is 2.26. The Morgan fingerprint density at radius 3 is 2.36 bits per heavy atom. The van der Waals surface area contributed by atoms with Gasteiger partial charge >= 0.3 is 0 Å². The van der Waals surface area contributed by atoms with Crippen LogP contribution in [-0.4, -0.2) is 17.5 Å². The van der Waals surface area contributed by atoms with Crippen LogP contribution >= 0.6 is 23.2 Å². The van der Waals surface area contributed by atoms with E-state index in [1.807, 2.05) is 19.1 Å². The maximum absolute atomic E-state index is 12.0. The zero-order valence-corrected chi connectivity index (χ0v) is 15.3. The third-order valence-corrected chi connectivity index (χ3v) is 4.02. The fraction of sp³-hybridized carbons (Fsp3) is 0.167. The molecular weight excluding hydrogens is 361 g/mol. The lowest BCUT2D eigenvalue weighted by atomic mass is 10.1. The lowest BCUT2D eigenvalue weighted by molar-refractivity contribution is -0.115. The van der Waals surface area contributed by atoms with E-state index in [1.54, 1.807) is 37.3 Å². The number of carbonyl (C=O) groups excluding carboxylic acids is 2. The van der Waals surface area contributed by atoms with Gasteiger partial charge in [0.25, 0.3) is 5.91 Å². The van der Waals surface area contributed by atoms with E-state index in [4.69, 9.17) is 23.2 Å². The van der Waals surface area contributed by atoms with Crippen LogP contribution in [0.5, 0.6) is 0 Å². The van der Waals surface area contributed by atoms with Gasteiger partial charge in [-0.05, 0) is 44.2 Å². The normalized spacial score (nSPS) is 11.1. The summed E-state index contributed by atoms with van der Waals surface area (Å²) in [6, 6.07) is 11.9. The summed E-state index contributed by atoms with van der Waals surface area (Å²) in [7, 11) is 0. The van der Waals surface area contributed by atoms with Crippen LogP contribution in [0.15, 0.2) is 47.6 Å². The van der Waals surface area contributed by atoms with Crippen molar-refractivity contribution < 1.29 is 9.59 Å². The molecule has 5 nitrogen and oxygen atoms in total. The first kappa shape index (κ1) is 19.0. The molecule has 0 aliphatic heterocycles. The Labute approximate surface area is 156 Å². The summed E-state index contributed by atoms with van der Waals surface area (Å²) in [5.41, 5.74) is 5.01. The number of amides is 2. The van der Waals surface area contributed by atoms with E-state index in [9.17, 15) is 9.59 Å². The van der Waals surface area contributed by atoms with E-state index in [1.165, 1.54) is 0 Å². The Morgan fingerprint density at radius 1 is 1.04 bits per heavy atom. The van der Waals surface area contributed by atoms with E-state index in [2.05, 4.69) is 15.8 Å². The highest BCUT2D eigenvalue weighted by Crippen LogP contribution is 2.25. The largest absolute Gasteiger partial charge is 0.326 e. The number of anilines is 1. The summed E-state index contributed by atoms with van der Waals surface area (Å²) in [5, 5.41) is 7.41. The van der Waals surface area contributed by atoms with Crippen LogP contribution in [0.2, 0.25) is 10.0 Å². The van der Waals surface area contributed by atoms with Gasteiger partial charge in [0, 0.05) is 17.0 Å². The van der Waals surface area contributed by atoms with Crippen LogP contribution in [0.3, 0.4) is 0 Å². The summed E-state index contributed by atoms with van der Waals surface area (Å²) >= 11 is 11.7. The predicted molar refractivity (Wildman–Crippen MR) is 101 cm³/mol. The number of halogens is 2. The predicted octanol–water partition coefficient (Wildman–Crippen LogP) is 4.44. The molecule has 2 amide bonds. The molecule has 0 saturated carbocycles. The van der Waals surface area contributed by atoms with Gasteiger partial charge < -0.3 is 5.32 Å². The van der Waals surface area contributed by atoms with E-state index in [0.717, 1.165) is 5.56 Å². The van der Waals surface area contributed by atoms with Crippen molar-refractivity contribution in [2.24, 2.45) is 5.10 Å². The van der Waals surface area contributed by atoms with Crippen LogP contribution in [0.4, 0.5) is 5.69 Å². The molecule has 0 aromatic heterocycles. The van der Waals surface area contributed by atoms with Crippen molar-refractivity contribution in [3.63, 3.8) is 0 Å². The molecule has 2 rings (SSSR count). The molecule has 0 fully saturated rings. The average Bonchev–Trinajstić information content (AvgIpc) is 2.56. The highest BCUT2D eigenvalue weighted by atomic mass is 35.5. The van der Waals surface area contributed by atoms with Gasteiger partial charge in [-0.25, -0.2) is 5.43 Å². The molecule has 0 radical (unpaired) electrons. The van der Waals surface area contributed by atoms with Crippen LogP contribution in [0, 0.1) is 6.92 Å². The molecule has 0 atom stereocenters. The zero-order valence-electron chi connectivity index (χ0n) is 13.8. The SMILES string of the molecule is C/C(CC(=O)Nc1ccc(Cl)c(Cl)c1)=N/NC(=O)c1ccc(C)cc1.